The summed E-state index contributed by atoms with van der Waals surface area (Å²) in [6.07, 6.45) is -3.41. The van der Waals surface area contributed by atoms with E-state index in [9.17, 15) is 37.5 Å². The van der Waals surface area contributed by atoms with E-state index in [4.69, 9.17) is 0 Å². The summed E-state index contributed by atoms with van der Waals surface area (Å²) in [5.74, 6) is -2.93. The molecule has 1 aliphatic heterocycles. The maximum Gasteiger partial charge on any atom is 0.573 e. The van der Waals surface area contributed by atoms with Crippen molar-refractivity contribution < 1.29 is 32.6 Å². The first kappa shape index (κ1) is 28.5. The predicted molar refractivity (Wildman–Crippen MR) is 148 cm³/mol. The lowest BCUT2D eigenvalue weighted by Crippen LogP contribution is -2.61. The quantitative estimate of drug-likeness (QED) is 0.444. The van der Waals surface area contributed by atoms with Gasteiger partial charge in [0.2, 0.25) is 0 Å². The Morgan fingerprint density at radius 3 is 2.23 bits per heavy atom. The van der Waals surface area contributed by atoms with Crippen LogP contribution in [-0.4, -0.2) is 37.0 Å². The van der Waals surface area contributed by atoms with Gasteiger partial charge in [-0.3, -0.25) is 9.59 Å². The molecule has 3 aliphatic rings. The molecule has 1 aromatic heterocycles. The van der Waals surface area contributed by atoms with Gasteiger partial charge < -0.3 is 9.84 Å². The third-order valence-electron chi connectivity index (χ3n) is 9.67. The van der Waals surface area contributed by atoms with Crippen LogP contribution in [0.2, 0.25) is 0 Å². The summed E-state index contributed by atoms with van der Waals surface area (Å²) >= 11 is 0. The summed E-state index contributed by atoms with van der Waals surface area (Å²) < 4.78 is 47.3. The monoisotopic (exact) mass is 595 g/mol. The van der Waals surface area contributed by atoms with Crippen LogP contribution in [0.4, 0.5) is 13.2 Å². The summed E-state index contributed by atoms with van der Waals surface area (Å²) in [5.41, 5.74) is -3.15. The molecule has 0 radical (unpaired) electrons. The number of aromatic nitrogens is 3. The number of rotatable bonds is 3. The minimum atomic E-state index is -5.03. The summed E-state index contributed by atoms with van der Waals surface area (Å²) in [7, 11) is 0. The number of para-hydroxylation sites is 1. The number of nitrogens with zero attached hydrogens (tertiary/aromatic N) is 3. The number of hydrogen-bond acceptors (Lipinski definition) is 6. The van der Waals surface area contributed by atoms with E-state index >= 15 is 0 Å². The van der Waals surface area contributed by atoms with E-state index in [-0.39, 0.29) is 35.5 Å². The zero-order valence-electron chi connectivity index (χ0n) is 23.7. The number of aromatic hydroxyl groups is 1. The molecule has 0 bridgehead atoms. The number of carbonyl (C=O) groups excluding carboxylic acids is 2. The summed E-state index contributed by atoms with van der Waals surface area (Å²) in [5, 5.41) is 11.1. The molecule has 6 rings (SSSR count). The van der Waals surface area contributed by atoms with Gasteiger partial charge >= 0.3 is 17.7 Å². The van der Waals surface area contributed by atoms with E-state index < -0.39 is 57.8 Å². The largest absolute Gasteiger partial charge is 0.573 e. The van der Waals surface area contributed by atoms with Gasteiger partial charge in [-0.25, -0.2) is 23.5 Å². The van der Waals surface area contributed by atoms with Gasteiger partial charge in [-0.1, -0.05) is 38.1 Å². The van der Waals surface area contributed by atoms with Gasteiger partial charge in [0.1, 0.15) is 11.5 Å². The van der Waals surface area contributed by atoms with Crippen molar-refractivity contribution in [2.75, 3.05) is 0 Å². The Morgan fingerprint density at radius 2 is 1.58 bits per heavy atom. The number of Topliss-reactive ketones (excluding diaryl/α,β-unsaturated/α-hetero) is 2. The lowest BCUT2D eigenvalue weighted by Gasteiger charge is -2.58. The standard InChI is InChI=1S/C31H28F3N3O6/c1-16-17(2)26(40)30(4)24(21-14-19(10-11-23(21)38)43-31(32,33)34)20-12-13-35-27(41)36(18-8-6-5-7-9-18)28(42)37(35)22(20)15-29(30,3)25(16)39/h5-12,14,22,24,38H,13,15H2,1-4H3/t22-,24-,29+,30-/m1/s1. The van der Waals surface area contributed by atoms with Crippen molar-refractivity contribution in [2.45, 2.75) is 59.0 Å². The van der Waals surface area contributed by atoms with E-state index in [0.29, 0.717) is 11.3 Å². The van der Waals surface area contributed by atoms with E-state index in [1.54, 1.807) is 57.2 Å². The van der Waals surface area contributed by atoms with Gasteiger partial charge in [0.15, 0.2) is 11.6 Å². The molecule has 2 aromatic carbocycles. The first-order chi connectivity index (χ1) is 20.1. The Morgan fingerprint density at radius 1 is 0.930 bits per heavy atom. The number of benzene rings is 2. The summed E-state index contributed by atoms with van der Waals surface area (Å²) in [4.78, 5) is 55.8. The number of ether oxygens (including phenoxy) is 1. The number of carbonyl (C=O) groups is 2. The topological polar surface area (TPSA) is 113 Å². The van der Waals surface area contributed by atoms with Crippen molar-refractivity contribution in [1.29, 1.82) is 0 Å². The molecular formula is C31H28F3N3O6. The van der Waals surface area contributed by atoms with E-state index in [1.165, 1.54) is 16.3 Å². The number of halogens is 3. The van der Waals surface area contributed by atoms with E-state index in [0.717, 1.165) is 22.8 Å². The molecule has 224 valence electrons. The average molecular weight is 596 g/mol. The molecule has 0 spiro atoms. The highest BCUT2D eigenvalue weighted by atomic mass is 19.4. The Balaban J connectivity index is 1.64. The molecule has 43 heavy (non-hydrogen) atoms. The molecular weight excluding hydrogens is 567 g/mol. The van der Waals surface area contributed by atoms with Gasteiger partial charge in [-0.2, -0.15) is 0 Å². The Kier molecular flexibility index (Phi) is 6.09. The van der Waals surface area contributed by atoms with Gasteiger partial charge in [0.25, 0.3) is 0 Å². The molecule has 3 aromatic rings. The van der Waals surface area contributed by atoms with Gasteiger partial charge in [0.05, 0.1) is 23.7 Å². The number of fused-ring (bicyclic) bond motifs is 4. The summed E-state index contributed by atoms with van der Waals surface area (Å²) in [6.45, 7) is 6.19. The second kappa shape index (κ2) is 9.19. The molecule has 12 heteroatoms. The first-order valence-electron chi connectivity index (χ1n) is 13.7. The lowest BCUT2D eigenvalue weighted by molar-refractivity contribution is -0.274. The Labute approximate surface area is 243 Å². The minimum absolute atomic E-state index is 0.0430. The van der Waals surface area contributed by atoms with Crippen LogP contribution in [0.5, 0.6) is 11.5 Å². The minimum Gasteiger partial charge on any atom is -0.508 e. The Hall–Kier alpha value is -4.61. The fraction of sp³-hybridized carbons (Fsp3) is 0.355. The first-order valence-corrected chi connectivity index (χ1v) is 13.7. The highest BCUT2D eigenvalue weighted by Crippen LogP contribution is 2.67. The molecule has 0 unspecified atom stereocenters. The van der Waals surface area contributed by atoms with Crippen LogP contribution >= 0.6 is 0 Å². The van der Waals surface area contributed by atoms with Crippen molar-refractivity contribution in [3.63, 3.8) is 0 Å². The molecule has 2 heterocycles. The highest BCUT2D eigenvalue weighted by molar-refractivity contribution is 6.17. The molecule has 4 atom stereocenters. The third-order valence-corrected chi connectivity index (χ3v) is 9.67. The predicted octanol–water partition coefficient (Wildman–Crippen LogP) is 4.57. The number of phenols is 1. The maximum atomic E-state index is 14.2. The smallest absolute Gasteiger partial charge is 0.508 e. The van der Waals surface area contributed by atoms with Crippen molar-refractivity contribution in [2.24, 2.45) is 10.8 Å². The van der Waals surface area contributed by atoms with Crippen LogP contribution in [-0.2, 0) is 16.1 Å². The van der Waals surface area contributed by atoms with Crippen LogP contribution in [0.15, 0.2) is 80.9 Å². The number of hydrogen-bond donors (Lipinski definition) is 1. The van der Waals surface area contributed by atoms with Crippen LogP contribution in [0.1, 0.15) is 51.6 Å². The van der Waals surface area contributed by atoms with Crippen LogP contribution in [0.25, 0.3) is 5.69 Å². The fourth-order valence-electron chi connectivity index (χ4n) is 7.30. The molecule has 9 nitrogen and oxygen atoms in total. The lowest BCUT2D eigenvalue weighted by atomic mass is 9.43. The second-order valence-electron chi connectivity index (χ2n) is 11.7. The molecule has 0 saturated heterocycles. The molecule has 1 fully saturated rings. The SMILES string of the molecule is CC1=C(C)C(=O)[C@@]2(C)[C@@H](c3cc(OC(F)(F)F)ccc3O)C3=CCn4c(=O)n(-c5ccccc5)c(=O)n4[C@@H]3C[C@@]2(C)C1=O. The molecule has 1 saturated carbocycles. The van der Waals surface area contributed by atoms with Crippen molar-refractivity contribution in [3.05, 3.63) is 97.9 Å². The van der Waals surface area contributed by atoms with Gasteiger partial charge in [0, 0.05) is 16.9 Å². The average Bonchev–Trinajstić information content (AvgIpc) is 3.21. The molecule has 1 N–H and O–H groups in total. The third kappa shape index (κ3) is 3.84. The van der Waals surface area contributed by atoms with Crippen molar-refractivity contribution in [1.82, 2.24) is 13.9 Å². The van der Waals surface area contributed by atoms with E-state index in [1.807, 2.05) is 0 Å². The van der Waals surface area contributed by atoms with E-state index in [2.05, 4.69) is 4.74 Å². The van der Waals surface area contributed by atoms with Crippen molar-refractivity contribution in [3.8, 4) is 17.2 Å². The maximum absolute atomic E-state index is 14.2. The number of ketones is 2. The number of allylic oxidation sites excluding steroid dienone is 4. The molecule has 0 amide bonds. The second-order valence-corrected chi connectivity index (χ2v) is 11.7. The fourth-order valence-corrected chi connectivity index (χ4v) is 7.30. The van der Waals surface area contributed by atoms with Crippen molar-refractivity contribution >= 4 is 11.6 Å². The van der Waals surface area contributed by atoms with Crippen LogP contribution < -0.4 is 16.1 Å². The highest BCUT2D eigenvalue weighted by Gasteiger charge is 2.67. The summed E-state index contributed by atoms with van der Waals surface area (Å²) in [6, 6.07) is 10.4. The number of alkyl halides is 3. The van der Waals surface area contributed by atoms with Crippen LogP contribution in [0, 0.1) is 10.8 Å². The van der Waals surface area contributed by atoms with Crippen LogP contribution in [0.3, 0.4) is 0 Å². The van der Waals surface area contributed by atoms with Gasteiger partial charge in [-0.05, 0) is 67.3 Å². The normalized spacial score (nSPS) is 26.9. The zero-order chi connectivity index (χ0) is 31.2. The Bertz CT molecular complexity index is 1900. The van der Waals surface area contributed by atoms with Gasteiger partial charge in [-0.15, -0.1) is 13.2 Å². The number of phenolic OH excluding ortho intramolecular Hbond substituents is 1. The zero-order valence-corrected chi connectivity index (χ0v) is 23.7. The molecule has 2 aliphatic carbocycles.